The van der Waals surface area contributed by atoms with Crippen LogP contribution in [0.1, 0.15) is 12.5 Å². The minimum absolute atomic E-state index is 0.0390. The van der Waals surface area contributed by atoms with Gasteiger partial charge in [0.2, 0.25) is 0 Å². The molecule has 19 heavy (non-hydrogen) atoms. The van der Waals surface area contributed by atoms with E-state index in [9.17, 15) is 10.1 Å². The quantitative estimate of drug-likeness (QED) is 0.591. The van der Waals surface area contributed by atoms with Gasteiger partial charge in [-0.25, -0.2) is 0 Å². The van der Waals surface area contributed by atoms with Crippen molar-refractivity contribution in [2.75, 3.05) is 0 Å². The number of nitro benzene ring substituents is 1. The Balaban J connectivity index is 2.29. The van der Waals surface area contributed by atoms with Crippen LogP contribution in [0, 0.1) is 10.1 Å². The zero-order chi connectivity index (χ0) is 13.8. The molecule has 0 aromatic heterocycles. The first-order valence-corrected chi connectivity index (χ1v) is 7.00. The predicted octanol–water partition coefficient (Wildman–Crippen LogP) is 4.96. The van der Waals surface area contributed by atoms with Crippen LogP contribution in [0.2, 0.25) is 5.02 Å². The van der Waals surface area contributed by atoms with Crippen molar-refractivity contribution in [3.8, 4) is 0 Å². The predicted molar refractivity (Wildman–Crippen MR) is 78.0 cm³/mol. The second-order valence-electron chi connectivity index (χ2n) is 3.97. The Morgan fingerprint density at radius 2 is 1.89 bits per heavy atom. The number of nitro groups is 1. The third-order valence-electron chi connectivity index (χ3n) is 2.68. The topological polar surface area (TPSA) is 43.1 Å². The first kappa shape index (κ1) is 13.9. The second kappa shape index (κ2) is 6.08. The molecular formula is C14H12ClNO2S. The van der Waals surface area contributed by atoms with Crippen molar-refractivity contribution in [1.29, 1.82) is 0 Å². The average molecular weight is 294 g/mol. The molecule has 0 unspecified atom stereocenters. The van der Waals surface area contributed by atoms with Crippen LogP contribution in [0.4, 0.5) is 5.69 Å². The van der Waals surface area contributed by atoms with Crippen molar-refractivity contribution in [3.05, 3.63) is 63.2 Å². The lowest BCUT2D eigenvalue weighted by Crippen LogP contribution is -1.90. The van der Waals surface area contributed by atoms with Gasteiger partial charge in [0.1, 0.15) is 0 Å². The summed E-state index contributed by atoms with van der Waals surface area (Å²) in [6, 6.07) is 12.7. The Bertz CT molecular complexity index is 599. The van der Waals surface area contributed by atoms with Crippen molar-refractivity contribution < 1.29 is 4.92 Å². The zero-order valence-electron chi connectivity index (χ0n) is 10.3. The summed E-state index contributed by atoms with van der Waals surface area (Å²) in [5.41, 5.74) is 1.28. The molecule has 2 rings (SSSR count). The van der Waals surface area contributed by atoms with E-state index in [0.29, 0.717) is 9.92 Å². The summed E-state index contributed by atoms with van der Waals surface area (Å²) in [6.07, 6.45) is 0.978. The molecule has 5 heteroatoms. The first-order valence-electron chi connectivity index (χ1n) is 5.81. The molecule has 0 saturated heterocycles. The summed E-state index contributed by atoms with van der Waals surface area (Å²) in [6.45, 7) is 2.09. The maximum Gasteiger partial charge on any atom is 0.284 e. The highest BCUT2D eigenvalue weighted by Gasteiger charge is 2.15. The Labute approximate surface area is 120 Å². The molecule has 0 aliphatic carbocycles. The third-order valence-corrected chi connectivity index (χ3v) is 3.99. The number of benzene rings is 2. The minimum atomic E-state index is -0.408. The summed E-state index contributed by atoms with van der Waals surface area (Å²) in [5, 5.41) is 11.4. The molecule has 3 nitrogen and oxygen atoms in total. The number of nitrogens with zero attached hydrogens (tertiary/aromatic N) is 1. The van der Waals surface area contributed by atoms with Gasteiger partial charge < -0.3 is 0 Å². The van der Waals surface area contributed by atoms with Crippen LogP contribution in [-0.2, 0) is 6.42 Å². The number of hydrogen-bond donors (Lipinski definition) is 0. The highest BCUT2D eigenvalue weighted by molar-refractivity contribution is 7.99. The normalized spacial score (nSPS) is 10.4. The maximum absolute atomic E-state index is 11.0. The number of halogens is 1. The maximum atomic E-state index is 11.0. The van der Waals surface area contributed by atoms with Crippen LogP contribution in [0.5, 0.6) is 0 Å². The minimum Gasteiger partial charge on any atom is -0.258 e. The van der Waals surface area contributed by atoms with Gasteiger partial charge in [0.25, 0.3) is 5.69 Å². The molecule has 0 aliphatic heterocycles. The van der Waals surface area contributed by atoms with E-state index in [1.54, 1.807) is 12.1 Å². The van der Waals surface area contributed by atoms with Crippen LogP contribution in [0.25, 0.3) is 0 Å². The molecule has 0 spiro atoms. The molecule has 0 heterocycles. The molecular weight excluding hydrogens is 282 g/mol. The van der Waals surface area contributed by atoms with Crippen molar-refractivity contribution in [1.82, 2.24) is 0 Å². The first-order chi connectivity index (χ1) is 9.10. The zero-order valence-corrected chi connectivity index (χ0v) is 11.9. The second-order valence-corrected chi connectivity index (χ2v) is 5.52. The van der Waals surface area contributed by atoms with E-state index in [-0.39, 0.29) is 5.69 Å². The summed E-state index contributed by atoms with van der Waals surface area (Å²) < 4.78 is 0. The molecule has 0 aliphatic rings. The molecule has 0 saturated carbocycles. The highest BCUT2D eigenvalue weighted by atomic mass is 35.5. The number of hydrogen-bond acceptors (Lipinski definition) is 3. The molecule has 0 N–H and O–H groups in total. The Morgan fingerprint density at radius 1 is 1.21 bits per heavy atom. The largest absolute Gasteiger partial charge is 0.284 e. The lowest BCUT2D eigenvalue weighted by atomic mass is 10.2. The van der Waals surface area contributed by atoms with Crippen LogP contribution < -0.4 is 0 Å². The van der Waals surface area contributed by atoms with Gasteiger partial charge in [-0.3, -0.25) is 10.1 Å². The number of aryl methyl sites for hydroxylation is 1. The van der Waals surface area contributed by atoms with E-state index in [2.05, 4.69) is 6.92 Å². The fourth-order valence-electron chi connectivity index (χ4n) is 1.64. The lowest BCUT2D eigenvalue weighted by molar-refractivity contribution is -0.387. The Morgan fingerprint density at radius 3 is 2.47 bits per heavy atom. The molecule has 98 valence electrons. The molecule has 2 aromatic rings. The van der Waals surface area contributed by atoms with Crippen molar-refractivity contribution in [3.63, 3.8) is 0 Å². The van der Waals surface area contributed by atoms with Gasteiger partial charge in [0.15, 0.2) is 0 Å². The van der Waals surface area contributed by atoms with Gasteiger partial charge in [0, 0.05) is 16.0 Å². The Kier molecular flexibility index (Phi) is 4.45. The lowest BCUT2D eigenvalue weighted by Gasteiger charge is -2.04. The van der Waals surface area contributed by atoms with E-state index in [1.165, 1.54) is 23.4 Å². The molecule has 0 amide bonds. The molecule has 0 atom stereocenters. The molecule has 0 radical (unpaired) electrons. The fourth-order valence-corrected chi connectivity index (χ4v) is 2.71. The van der Waals surface area contributed by atoms with Crippen molar-refractivity contribution in [2.45, 2.75) is 23.1 Å². The summed E-state index contributed by atoms with van der Waals surface area (Å²) in [5.74, 6) is 0. The Hall–Kier alpha value is -1.52. The molecule has 0 bridgehead atoms. The van der Waals surface area contributed by atoms with Gasteiger partial charge in [-0.2, -0.15) is 0 Å². The van der Waals surface area contributed by atoms with Crippen LogP contribution in [0.3, 0.4) is 0 Å². The van der Waals surface area contributed by atoms with E-state index >= 15 is 0 Å². The van der Waals surface area contributed by atoms with E-state index < -0.39 is 4.92 Å². The summed E-state index contributed by atoms with van der Waals surface area (Å²) >= 11 is 7.16. The van der Waals surface area contributed by atoms with E-state index in [0.717, 1.165) is 11.3 Å². The molecule has 0 fully saturated rings. The highest BCUT2D eigenvalue weighted by Crippen LogP contribution is 2.36. The monoisotopic (exact) mass is 293 g/mol. The molecule has 2 aromatic carbocycles. The van der Waals surface area contributed by atoms with Crippen molar-refractivity contribution >= 4 is 29.1 Å². The van der Waals surface area contributed by atoms with Gasteiger partial charge >= 0.3 is 0 Å². The van der Waals surface area contributed by atoms with Gasteiger partial charge in [-0.05, 0) is 36.2 Å². The average Bonchev–Trinajstić information content (AvgIpc) is 2.41. The summed E-state index contributed by atoms with van der Waals surface area (Å²) in [4.78, 5) is 12.2. The van der Waals surface area contributed by atoms with E-state index in [4.69, 9.17) is 11.6 Å². The van der Waals surface area contributed by atoms with Gasteiger partial charge in [-0.15, -0.1) is 0 Å². The van der Waals surface area contributed by atoms with Crippen LogP contribution in [0.15, 0.2) is 52.3 Å². The SMILES string of the molecule is CCc1ccc(Sc2ccc(Cl)cc2[N+](=O)[O-])cc1. The van der Waals surface area contributed by atoms with Crippen LogP contribution in [-0.4, -0.2) is 4.92 Å². The van der Waals surface area contributed by atoms with Crippen LogP contribution >= 0.6 is 23.4 Å². The third kappa shape index (κ3) is 3.49. The van der Waals surface area contributed by atoms with Gasteiger partial charge in [0.05, 0.1) is 9.82 Å². The van der Waals surface area contributed by atoms with Gasteiger partial charge in [-0.1, -0.05) is 42.4 Å². The fraction of sp³-hybridized carbons (Fsp3) is 0.143. The summed E-state index contributed by atoms with van der Waals surface area (Å²) in [7, 11) is 0. The standard InChI is InChI=1S/C14H12ClNO2S/c1-2-10-3-6-12(7-4-10)19-14-8-5-11(15)9-13(14)16(17)18/h3-9H,2H2,1H3. The number of rotatable bonds is 4. The smallest absolute Gasteiger partial charge is 0.258 e. The van der Waals surface area contributed by atoms with E-state index in [1.807, 2.05) is 24.3 Å². The van der Waals surface area contributed by atoms with Crippen molar-refractivity contribution in [2.24, 2.45) is 0 Å².